The molecule has 5 heteroatoms. The average Bonchev–Trinajstić information content (AvgIpc) is 2.61. The minimum absolute atomic E-state index is 0.389. The second-order valence-electron chi connectivity index (χ2n) is 5.06. The van der Waals surface area contributed by atoms with Gasteiger partial charge >= 0.3 is 11.8 Å². The molecule has 0 radical (unpaired) electrons. The molecule has 0 aliphatic carbocycles. The summed E-state index contributed by atoms with van der Waals surface area (Å²) in [5.74, 6) is -0.421. The van der Waals surface area contributed by atoms with Gasteiger partial charge in [-0.05, 0) is 36.2 Å². The highest BCUT2D eigenvalue weighted by Crippen LogP contribution is 2.13. The lowest BCUT2D eigenvalue weighted by Crippen LogP contribution is -2.41. The Morgan fingerprint density at radius 2 is 1.83 bits per heavy atom. The van der Waals surface area contributed by atoms with Crippen molar-refractivity contribution in [2.24, 2.45) is 0 Å². The molecule has 0 spiro atoms. The maximum atomic E-state index is 12.1. The van der Waals surface area contributed by atoms with Crippen LogP contribution in [0.3, 0.4) is 0 Å². The van der Waals surface area contributed by atoms with E-state index in [2.05, 4.69) is 5.32 Å². The number of benzene rings is 2. The molecule has 0 aliphatic rings. The zero-order valence-corrected chi connectivity index (χ0v) is 13.3. The molecule has 2 aromatic rings. The van der Waals surface area contributed by atoms with Crippen molar-refractivity contribution < 1.29 is 14.3 Å². The fourth-order valence-electron chi connectivity index (χ4n) is 2.15. The number of carbonyl (C=O) groups excluding carboxylic acids is 2. The molecule has 0 unspecified atom stereocenters. The van der Waals surface area contributed by atoms with Gasteiger partial charge in [0.05, 0.1) is 7.11 Å². The maximum Gasteiger partial charge on any atom is 0.316 e. The Bertz CT molecular complexity index is 671. The molecule has 2 amide bonds. The van der Waals surface area contributed by atoms with Crippen LogP contribution in [0, 0.1) is 0 Å². The first-order valence-corrected chi connectivity index (χ1v) is 7.35. The number of para-hydroxylation sites is 1. The van der Waals surface area contributed by atoms with Crippen molar-refractivity contribution in [3.05, 3.63) is 60.2 Å². The molecule has 0 fully saturated rings. The lowest BCUT2D eigenvalue weighted by Gasteiger charge is -2.16. The van der Waals surface area contributed by atoms with E-state index in [1.54, 1.807) is 26.3 Å². The largest absolute Gasteiger partial charge is 0.497 e. The highest BCUT2D eigenvalue weighted by molar-refractivity contribution is 6.40. The molecule has 0 aromatic heterocycles. The van der Waals surface area contributed by atoms with Gasteiger partial charge in [-0.25, -0.2) is 0 Å². The Hall–Kier alpha value is -2.82. The quantitative estimate of drug-likeness (QED) is 0.859. The topological polar surface area (TPSA) is 58.6 Å². The summed E-state index contributed by atoms with van der Waals surface area (Å²) in [5.41, 5.74) is 1.72. The van der Waals surface area contributed by atoms with Crippen LogP contribution in [0.15, 0.2) is 54.6 Å². The second kappa shape index (κ2) is 7.98. The van der Waals surface area contributed by atoms with Gasteiger partial charge in [0.2, 0.25) is 0 Å². The summed E-state index contributed by atoms with van der Waals surface area (Å²) >= 11 is 0. The van der Waals surface area contributed by atoms with E-state index in [0.29, 0.717) is 18.7 Å². The van der Waals surface area contributed by atoms with Crippen molar-refractivity contribution in [3.63, 3.8) is 0 Å². The molecule has 5 nitrogen and oxygen atoms in total. The number of hydrogen-bond donors (Lipinski definition) is 1. The third kappa shape index (κ3) is 4.57. The third-order valence-electron chi connectivity index (χ3n) is 3.48. The Morgan fingerprint density at radius 1 is 1.09 bits per heavy atom. The van der Waals surface area contributed by atoms with Crippen LogP contribution >= 0.6 is 0 Å². The van der Waals surface area contributed by atoms with E-state index in [1.165, 1.54) is 4.90 Å². The van der Waals surface area contributed by atoms with Crippen molar-refractivity contribution in [3.8, 4) is 5.75 Å². The number of carbonyl (C=O) groups is 2. The summed E-state index contributed by atoms with van der Waals surface area (Å²) in [6, 6.07) is 16.7. The Labute approximate surface area is 135 Å². The van der Waals surface area contributed by atoms with Crippen molar-refractivity contribution in [2.45, 2.75) is 6.42 Å². The molecular weight excluding hydrogens is 292 g/mol. The van der Waals surface area contributed by atoms with E-state index in [4.69, 9.17) is 4.74 Å². The smallest absolute Gasteiger partial charge is 0.316 e. The van der Waals surface area contributed by atoms with Crippen molar-refractivity contribution in [2.75, 3.05) is 25.6 Å². The van der Waals surface area contributed by atoms with Gasteiger partial charge in [0, 0.05) is 19.3 Å². The predicted octanol–water partition coefficient (Wildman–Crippen LogP) is 2.02. The van der Waals surface area contributed by atoms with Gasteiger partial charge in [-0.3, -0.25) is 9.59 Å². The highest BCUT2D eigenvalue weighted by atomic mass is 16.5. The molecule has 0 atom stereocenters. The summed E-state index contributed by atoms with van der Waals surface area (Å²) in [6.07, 6.45) is 0.630. The Kier molecular flexibility index (Phi) is 5.74. The Balaban J connectivity index is 1.85. The normalized spacial score (nSPS) is 10.0. The van der Waals surface area contributed by atoms with Crippen LogP contribution in [-0.2, 0) is 16.0 Å². The number of anilines is 1. The molecule has 1 N–H and O–H groups in total. The van der Waals surface area contributed by atoms with E-state index >= 15 is 0 Å². The van der Waals surface area contributed by atoms with E-state index in [1.807, 2.05) is 42.5 Å². The van der Waals surface area contributed by atoms with Crippen LogP contribution in [0.25, 0.3) is 0 Å². The number of hydrogen-bond acceptors (Lipinski definition) is 3. The van der Waals surface area contributed by atoms with Gasteiger partial charge in [0.15, 0.2) is 0 Å². The van der Waals surface area contributed by atoms with Crippen molar-refractivity contribution in [1.82, 2.24) is 5.32 Å². The van der Waals surface area contributed by atoms with Crippen LogP contribution in [0.1, 0.15) is 5.56 Å². The van der Waals surface area contributed by atoms with Crippen LogP contribution in [0.5, 0.6) is 5.75 Å². The maximum absolute atomic E-state index is 12.1. The fraction of sp³-hybridized carbons (Fsp3) is 0.222. The van der Waals surface area contributed by atoms with Crippen molar-refractivity contribution >= 4 is 17.5 Å². The SMILES string of the molecule is COc1cccc(CCNC(=O)C(=O)N(C)c2ccccc2)c1. The lowest BCUT2D eigenvalue weighted by atomic mass is 10.1. The number of likely N-dealkylation sites (N-methyl/N-ethyl adjacent to an activating group) is 1. The summed E-state index contributed by atoms with van der Waals surface area (Å²) in [4.78, 5) is 25.4. The molecule has 2 aromatic carbocycles. The first-order chi connectivity index (χ1) is 11.1. The molecule has 0 saturated heterocycles. The number of methoxy groups -OCH3 is 1. The van der Waals surface area contributed by atoms with E-state index in [9.17, 15) is 9.59 Å². The van der Waals surface area contributed by atoms with Gasteiger partial charge in [0.25, 0.3) is 0 Å². The zero-order chi connectivity index (χ0) is 16.7. The number of ether oxygens (including phenoxy) is 1. The number of nitrogens with one attached hydrogen (secondary N) is 1. The zero-order valence-electron chi connectivity index (χ0n) is 13.3. The first-order valence-electron chi connectivity index (χ1n) is 7.35. The average molecular weight is 312 g/mol. The molecule has 0 heterocycles. The van der Waals surface area contributed by atoms with E-state index in [-0.39, 0.29) is 0 Å². The van der Waals surface area contributed by atoms with Crippen LogP contribution in [-0.4, -0.2) is 32.5 Å². The monoisotopic (exact) mass is 312 g/mol. The molecule has 0 bridgehead atoms. The third-order valence-corrected chi connectivity index (χ3v) is 3.48. The van der Waals surface area contributed by atoms with Gasteiger partial charge < -0.3 is 15.0 Å². The summed E-state index contributed by atoms with van der Waals surface area (Å²) in [6.45, 7) is 0.389. The summed E-state index contributed by atoms with van der Waals surface area (Å²) in [7, 11) is 3.19. The van der Waals surface area contributed by atoms with Crippen LogP contribution < -0.4 is 15.0 Å². The fourth-order valence-corrected chi connectivity index (χ4v) is 2.15. The molecule has 2 rings (SSSR count). The minimum Gasteiger partial charge on any atom is -0.497 e. The summed E-state index contributed by atoms with van der Waals surface area (Å²) < 4.78 is 5.15. The number of nitrogens with zero attached hydrogens (tertiary/aromatic N) is 1. The molecule has 0 saturated carbocycles. The molecule has 120 valence electrons. The van der Waals surface area contributed by atoms with Gasteiger partial charge in [-0.1, -0.05) is 30.3 Å². The minimum atomic E-state index is -0.612. The highest BCUT2D eigenvalue weighted by Gasteiger charge is 2.19. The van der Waals surface area contributed by atoms with Crippen molar-refractivity contribution in [1.29, 1.82) is 0 Å². The molecular formula is C18H20N2O3. The molecule has 0 aliphatic heterocycles. The van der Waals surface area contributed by atoms with Crippen LogP contribution in [0.4, 0.5) is 5.69 Å². The van der Waals surface area contributed by atoms with Gasteiger partial charge in [0.1, 0.15) is 5.75 Å². The molecule has 23 heavy (non-hydrogen) atoms. The lowest BCUT2D eigenvalue weighted by molar-refractivity contribution is -0.137. The standard InChI is InChI=1S/C18H20N2O3/c1-20(15-8-4-3-5-9-15)18(22)17(21)19-12-11-14-7-6-10-16(13-14)23-2/h3-10,13H,11-12H2,1-2H3,(H,19,21). The summed E-state index contributed by atoms with van der Waals surface area (Å²) in [5, 5.41) is 2.65. The second-order valence-corrected chi connectivity index (χ2v) is 5.06. The van der Waals surface area contributed by atoms with Gasteiger partial charge in [-0.2, -0.15) is 0 Å². The number of amides is 2. The first kappa shape index (κ1) is 16.5. The van der Waals surface area contributed by atoms with Gasteiger partial charge in [-0.15, -0.1) is 0 Å². The van der Waals surface area contributed by atoms with Crippen LogP contribution in [0.2, 0.25) is 0 Å². The Morgan fingerprint density at radius 3 is 2.52 bits per heavy atom. The predicted molar refractivity (Wildman–Crippen MR) is 89.6 cm³/mol. The van der Waals surface area contributed by atoms with E-state index in [0.717, 1.165) is 11.3 Å². The number of rotatable bonds is 5. The van der Waals surface area contributed by atoms with E-state index < -0.39 is 11.8 Å².